The average molecular weight is 410 g/mol. The van der Waals surface area contributed by atoms with Gasteiger partial charge in [0.2, 0.25) is 0 Å². The molecule has 2 heterocycles. The van der Waals surface area contributed by atoms with Gasteiger partial charge in [0.05, 0.1) is 18.5 Å². The second-order valence-corrected chi connectivity index (χ2v) is 6.54. The molecule has 3 rings (SSSR count). The average Bonchev–Trinajstić information content (AvgIpc) is 2.95. The number of nitrogens with one attached hydrogen (secondary N) is 1. The van der Waals surface area contributed by atoms with E-state index in [2.05, 4.69) is 26.7 Å². The van der Waals surface area contributed by atoms with Crippen LogP contribution in [0.5, 0.6) is 11.5 Å². The second-order valence-electron chi connectivity index (χ2n) is 6.54. The number of H-pyrrole nitrogens is 1. The van der Waals surface area contributed by atoms with Gasteiger partial charge in [-0.1, -0.05) is 19.8 Å². The van der Waals surface area contributed by atoms with Crippen molar-refractivity contribution in [1.82, 2.24) is 19.7 Å². The number of rotatable bonds is 7. The fraction of sp³-hybridized carbons (Fsp3) is 0.421. The highest BCUT2D eigenvalue weighted by Crippen LogP contribution is 2.35. The van der Waals surface area contributed by atoms with Crippen molar-refractivity contribution in [2.75, 3.05) is 7.11 Å². The monoisotopic (exact) mass is 410 g/mol. The standard InChI is InChI=1S/C19H21F3N4O3/c1-4-5-6-9-26-17-16(18(27)25-26)24-15(11(2)23-17)13-8-7-12(10-14(13)28-3)29-19(20,21)22/h7-8,10H,4-6,9H2,1-3H3,(H,25,27). The van der Waals surface area contributed by atoms with E-state index in [1.165, 1.54) is 13.2 Å². The van der Waals surface area contributed by atoms with Crippen LogP contribution >= 0.6 is 0 Å². The first-order valence-electron chi connectivity index (χ1n) is 9.14. The van der Waals surface area contributed by atoms with E-state index in [1.54, 1.807) is 11.6 Å². The quantitative estimate of drug-likeness (QED) is 0.591. The van der Waals surface area contributed by atoms with Crippen LogP contribution in [0, 0.1) is 6.92 Å². The Bertz CT molecular complexity index is 1070. The fourth-order valence-electron chi connectivity index (χ4n) is 3.08. The predicted octanol–water partition coefficient (Wildman–Crippen LogP) is 4.19. The highest BCUT2D eigenvalue weighted by atomic mass is 19.4. The third-order valence-corrected chi connectivity index (χ3v) is 4.41. The van der Waals surface area contributed by atoms with Crippen LogP contribution in [0.1, 0.15) is 31.9 Å². The summed E-state index contributed by atoms with van der Waals surface area (Å²) >= 11 is 0. The van der Waals surface area contributed by atoms with Gasteiger partial charge in [-0.3, -0.25) is 14.6 Å². The van der Waals surface area contributed by atoms with E-state index >= 15 is 0 Å². The van der Waals surface area contributed by atoms with Gasteiger partial charge in [-0.25, -0.2) is 9.97 Å². The maximum Gasteiger partial charge on any atom is 0.573 e. The van der Waals surface area contributed by atoms with Gasteiger partial charge in [-0.15, -0.1) is 13.2 Å². The summed E-state index contributed by atoms with van der Waals surface area (Å²) in [4.78, 5) is 21.3. The summed E-state index contributed by atoms with van der Waals surface area (Å²) in [6.07, 6.45) is -1.84. The number of benzene rings is 1. The molecule has 0 aliphatic carbocycles. The zero-order valence-electron chi connectivity index (χ0n) is 16.3. The summed E-state index contributed by atoms with van der Waals surface area (Å²) in [6.45, 7) is 4.42. The minimum Gasteiger partial charge on any atom is -0.496 e. The summed E-state index contributed by atoms with van der Waals surface area (Å²) in [5.41, 5.74) is 1.52. The lowest BCUT2D eigenvalue weighted by Crippen LogP contribution is -2.17. The van der Waals surface area contributed by atoms with Crippen LogP contribution in [0.25, 0.3) is 22.4 Å². The Hall–Kier alpha value is -3.04. The van der Waals surface area contributed by atoms with E-state index in [0.717, 1.165) is 31.4 Å². The number of nitrogens with zero attached hydrogens (tertiary/aromatic N) is 3. The van der Waals surface area contributed by atoms with Crippen LogP contribution in [0.2, 0.25) is 0 Å². The zero-order valence-corrected chi connectivity index (χ0v) is 16.3. The molecule has 3 aromatic rings. The Kier molecular flexibility index (Phi) is 5.81. The number of hydrogen-bond acceptors (Lipinski definition) is 5. The molecule has 0 fully saturated rings. The van der Waals surface area contributed by atoms with Gasteiger partial charge >= 0.3 is 6.36 Å². The molecule has 0 radical (unpaired) electrons. The molecule has 156 valence electrons. The lowest BCUT2D eigenvalue weighted by Gasteiger charge is -2.13. The van der Waals surface area contributed by atoms with Crippen molar-refractivity contribution in [3.8, 4) is 22.8 Å². The molecule has 0 spiro atoms. The Labute approximate surface area is 164 Å². The maximum absolute atomic E-state index is 12.5. The second kappa shape index (κ2) is 8.14. The molecule has 29 heavy (non-hydrogen) atoms. The first kappa shape index (κ1) is 20.7. The van der Waals surface area contributed by atoms with Crippen LogP contribution < -0.4 is 15.0 Å². The van der Waals surface area contributed by atoms with Crippen LogP contribution in [0.4, 0.5) is 13.2 Å². The molecule has 0 saturated heterocycles. The molecule has 1 aromatic carbocycles. The lowest BCUT2D eigenvalue weighted by atomic mass is 10.1. The van der Waals surface area contributed by atoms with Gasteiger partial charge in [0, 0.05) is 18.2 Å². The van der Waals surface area contributed by atoms with Gasteiger partial charge < -0.3 is 9.47 Å². The highest BCUT2D eigenvalue weighted by Gasteiger charge is 2.31. The molecule has 0 bridgehead atoms. The van der Waals surface area contributed by atoms with Crippen molar-refractivity contribution in [3.63, 3.8) is 0 Å². The summed E-state index contributed by atoms with van der Waals surface area (Å²) in [5.74, 6) is -0.285. The van der Waals surface area contributed by atoms with Crippen molar-refractivity contribution in [2.45, 2.75) is 46.0 Å². The van der Waals surface area contributed by atoms with Crippen LogP contribution in [0.3, 0.4) is 0 Å². The number of methoxy groups -OCH3 is 1. The Morgan fingerprint density at radius 3 is 2.62 bits per heavy atom. The molecule has 0 amide bonds. The largest absolute Gasteiger partial charge is 0.573 e. The van der Waals surface area contributed by atoms with Gasteiger partial charge in [0.25, 0.3) is 5.56 Å². The molecule has 2 aromatic heterocycles. The molecule has 0 atom stereocenters. The molecule has 1 N–H and O–H groups in total. The minimum atomic E-state index is -4.81. The fourth-order valence-corrected chi connectivity index (χ4v) is 3.08. The van der Waals surface area contributed by atoms with Crippen molar-refractivity contribution < 1.29 is 22.6 Å². The first-order chi connectivity index (χ1) is 13.7. The molecule has 0 saturated carbocycles. The topological polar surface area (TPSA) is 82.0 Å². The molecule has 0 unspecified atom stereocenters. The number of alkyl halides is 3. The Morgan fingerprint density at radius 2 is 1.97 bits per heavy atom. The van der Waals surface area contributed by atoms with E-state index in [4.69, 9.17) is 4.74 Å². The normalized spacial score (nSPS) is 11.8. The molecule has 0 aliphatic rings. The summed E-state index contributed by atoms with van der Waals surface area (Å²) in [7, 11) is 1.33. The van der Waals surface area contributed by atoms with Gasteiger partial charge in [-0.2, -0.15) is 0 Å². The van der Waals surface area contributed by atoms with E-state index in [1.807, 2.05) is 0 Å². The van der Waals surface area contributed by atoms with Crippen LogP contribution in [0.15, 0.2) is 23.0 Å². The molecular weight excluding hydrogens is 389 g/mol. The Balaban J connectivity index is 2.05. The van der Waals surface area contributed by atoms with E-state index in [0.29, 0.717) is 29.1 Å². The SMILES string of the molecule is CCCCCn1[nH]c(=O)c2nc(-c3ccc(OC(F)(F)F)cc3OC)c(C)nc21. The van der Waals surface area contributed by atoms with Crippen molar-refractivity contribution >= 4 is 11.2 Å². The Morgan fingerprint density at radius 1 is 1.21 bits per heavy atom. The van der Waals surface area contributed by atoms with Crippen molar-refractivity contribution in [2.24, 2.45) is 0 Å². The number of unbranched alkanes of at least 4 members (excludes halogenated alkanes) is 2. The molecule has 0 aliphatic heterocycles. The number of ether oxygens (including phenoxy) is 2. The van der Waals surface area contributed by atoms with Crippen LogP contribution in [-0.2, 0) is 6.54 Å². The lowest BCUT2D eigenvalue weighted by molar-refractivity contribution is -0.274. The summed E-state index contributed by atoms with van der Waals surface area (Å²) < 4.78 is 48.2. The van der Waals surface area contributed by atoms with Crippen molar-refractivity contribution in [3.05, 3.63) is 34.2 Å². The van der Waals surface area contributed by atoms with Gasteiger partial charge in [-0.05, 0) is 25.5 Å². The molecule has 7 nitrogen and oxygen atoms in total. The minimum absolute atomic E-state index is 0.127. The van der Waals surface area contributed by atoms with Gasteiger partial charge in [0.1, 0.15) is 11.5 Å². The number of fused-ring (bicyclic) bond motifs is 1. The molecule has 10 heteroatoms. The summed E-state index contributed by atoms with van der Waals surface area (Å²) in [5, 5.41) is 2.74. The van der Waals surface area contributed by atoms with E-state index < -0.39 is 12.1 Å². The van der Waals surface area contributed by atoms with Gasteiger partial charge in [0.15, 0.2) is 11.2 Å². The predicted molar refractivity (Wildman–Crippen MR) is 101 cm³/mol. The van der Waals surface area contributed by atoms with Crippen LogP contribution in [-0.4, -0.2) is 33.2 Å². The van der Waals surface area contributed by atoms with E-state index in [-0.39, 0.29) is 16.8 Å². The highest BCUT2D eigenvalue weighted by molar-refractivity contribution is 5.77. The van der Waals surface area contributed by atoms with Crippen molar-refractivity contribution in [1.29, 1.82) is 0 Å². The zero-order chi connectivity index (χ0) is 21.2. The number of hydrogen-bond donors (Lipinski definition) is 1. The number of aromatic nitrogens is 4. The smallest absolute Gasteiger partial charge is 0.496 e. The first-order valence-corrected chi connectivity index (χ1v) is 9.14. The maximum atomic E-state index is 12.5. The number of aromatic amines is 1. The number of aryl methyl sites for hydroxylation is 2. The summed E-state index contributed by atoms with van der Waals surface area (Å²) in [6, 6.07) is 3.68. The third kappa shape index (κ3) is 4.52. The third-order valence-electron chi connectivity index (χ3n) is 4.41. The van der Waals surface area contributed by atoms with E-state index in [9.17, 15) is 18.0 Å². The molecular formula is C19H21F3N4O3. The number of halogens is 3.